The number of para-hydroxylation sites is 1. The van der Waals surface area contributed by atoms with Crippen LogP contribution in [0.3, 0.4) is 0 Å². The largest absolute Gasteiger partial charge is 0.494 e. The van der Waals surface area contributed by atoms with Gasteiger partial charge in [-0.2, -0.15) is 0 Å². The van der Waals surface area contributed by atoms with Crippen LogP contribution in [0.4, 0.5) is 0 Å². The lowest BCUT2D eigenvalue weighted by Gasteiger charge is -2.18. The third kappa shape index (κ3) is 4.12. The summed E-state index contributed by atoms with van der Waals surface area (Å²) in [6, 6.07) is 14.4. The van der Waals surface area contributed by atoms with Crippen LogP contribution < -0.4 is 10.3 Å². The molecule has 0 unspecified atom stereocenters. The molecule has 0 amide bonds. The summed E-state index contributed by atoms with van der Waals surface area (Å²) in [5.74, 6) is 0.731. The number of aromatic nitrogens is 2. The smallest absolute Gasteiger partial charge is 0.262 e. The van der Waals surface area contributed by atoms with Crippen molar-refractivity contribution in [3.63, 3.8) is 0 Å². The number of hydrogen-bond donors (Lipinski definition) is 0. The number of ether oxygens (including phenoxy) is 1. The molecule has 146 valence electrons. The summed E-state index contributed by atoms with van der Waals surface area (Å²) >= 11 is 1.32. The first-order chi connectivity index (χ1) is 13.4. The minimum Gasteiger partial charge on any atom is -0.494 e. The highest BCUT2D eigenvalue weighted by Gasteiger charge is 2.21. The lowest BCUT2D eigenvalue weighted by atomic mass is 10.1. The Labute approximate surface area is 168 Å². The number of Topliss-reactive ketones (excluding diaryl/α,β-unsaturated/α-hetero) is 1. The van der Waals surface area contributed by atoms with Gasteiger partial charge in [0.2, 0.25) is 0 Å². The van der Waals surface area contributed by atoms with Gasteiger partial charge in [0.05, 0.1) is 22.8 Å². The van der Waals surface area contributed by atoms with Crippen molar-refractivity contribution in [1.29, 1.82) is 0 Å². The second-order valence-electron chi connectivity index (χ2n) is 6.76. The fraction of sp³-hybridized carbons (Fsp3) is 0.318. The molecule has 0 bridgehead atoms. The van der Waals surface area contributed by atoms with Crippen molar-refractivity contribution < 1.29 is 9.53 Å². The first-order valence-corrected chi connectivity index (χ1v) is 10.2. The molecule has 1 heterocycles. The molecule has 0 saturated carbocycles. The van der Waals surface area contributed by atoms with Crippen molar-refractivity contribution in [2.24, 2.45) is 0 Å². The fourth-order valence-electron chi connectivity index (χ4n) is 2.99. The van der Waals surface area contributed by atoms with Crippen LogP contribution in [-0.4, -0.2) is 27.2 Å². The van der Waals surface area contributed by atoms with Gasteiger partial charge in [-0.25, -0.2) is 4.98 Å². The van der Waals surface area contributed by atoms with Gasteiger partial charge in [-0.05, 0) is 64.1 Å². The van der Waals surface area contributed by atoms with E-state index in [0.717, 1.165) is 5.75 Å². The highest BCUT2D eigenvalue weighted by molar-refractivity contribution is 8.00. The van der Waals surface area contributed by atoms with Crippen molar-refractivity contribution in [3.05, 3.63) is 64.4 Å². The number of hydrogen-bond acceptors (Lipinski definition) is 5. The Hall–Kier alpha value is -2.60. The van der Waals surface area contributed by atoms with Gasteiger partial charge in [-0.1, -0.05) is 23.9 Å². The highest BCUT2D eigenvalue weighted by atomic mass is 32.2. The second-order valence-corrected chi connectivity index (χ2v) is 8.07. The summed E-state index contributed by atoms with van der Waals surface area (Å²) in [4.78, 5) is 30.5. The lowest BCUT2D eigenvalue weighted by molar-refractivity contribution is 0.0993. The summed E-state index contributed by atoms with van der Waals surface area (Å²) in [5.41, 5.74) is 1.18. The zero-order valence-electron chi connectivity index (χ0n) is 16.5. The van der Waals surface area contributed by atoms with Crippen LogP contribution in [0.25, 0.3) is 10.9 Å². The van der Waals surface area contributed by atoms with Gasteiger partial charge in [0.25, 0.3) is 5.56 Å². The van der Waals surface area contributed by atoms with Crippen LogP contribution in [-0.2, 0) is 0 Å². The minimum atomic E-state index is -0.379. The van der Waals surface area contributed by atoms with Crippen LogP contribution in [0.15, 0.2) is 58.5 Å². The summed E-state index contributed by atoms with van der Waals surface area (Å²) in [7, 11) is 0. The van der Waals surface area contributed by atoms with Gasteiger partial charge in [-0.15, -0.1) is 0 Å². The topological polar surface area (TPSA) is 61.2 Å². The van der Waals surface area contributed by atoms with Crippen LogP contribution in [0, 0.1) is 0 Å². The van der Waals surface area contributed by atoms with Gasteiger partial charge < -0.3 is 4.74 Å². The molecule has 0 aliphatic heterocycles. The Bertz CT molecular complexity index is 1040. The lowest BCUT2D eigenvalue weighted by Crippen LogP contribution is -2.26. The van der Waals surface area contributed by atoms with E-state index in [1.807, 2.05) is 45.9 Å². The minimum absolute atomic E-state index is 0.00855. The third-order valence-corrected chi connectivity index (χ3v) is 5.46. The predicted molar refractivity (Wildman–Crippen MR) is 114 cm³/mol. The molecule has 0 aliphatic carbocycles. The number of carbonyl (C=O) groups excluding carboxylic acids is 1. The number of nitrogens with zero attached hydrogens (tertiary/aromatic N) is 2. The second kappa shape index (κ2) is 8.61. The zero-order chi connectivity index (χ0) is 20.3. The number of benzene rings is 2. The molecule has 28 heavy (non-hydrogen) atoms. The summed E-state index contributed by atoms with van der Waals surface area (Å²) < 4.78 is 7.09. The molecule has 3 aromatic rings. The maximum atomic E-state index is 12.9. The standard InChI is InChI=1S/C22H24N2O3S/c1-5-27-17-12-10-16(11-13-17)20(25)15(4)28-22-23-19-9-7-6-8-18(19)21(26)24(22)14(2)3/h6-15H,5H2,1-4H3/t15-/m0/s1. The normalized spacial score (nSPS) is 12.3. The Morgan fingerprint density at radius 2 is 1.79 bits per heavy atom. The van der Waals surface area contributed by atoms with E-state index in [4.69, 9.17) is 4.74 Å². The summed E-state index contributed by atoms with van der Waals surface area (Å²) in [5, 5.41) is 0.771. The van der Waals surface area contributed by atoms with E-state index >= 15 is 0 Å². The molecule has 0 aliphatic rings. The van der Waals surface area contributed by atoms with E-state index in [2.05, 4.69) is 4.98 Å². The first kappa shape index (κ1) is 20.1. The molecule has 0 spiro atoms. The molecule has 6 heteroatoms. The maximum absolute atomic E-state index is 12.9. The molecule has 0 N–H and O–H groups in total. The Morgan fingerprint density at radius 3 is 2.43 bits per heavy atom. The van der Waals surface area contributed by atoms with Crippen LogP contribution in [0.1, 0.15) is 44.1 Å². The molecular formula is C22H24N2O3S. The number of fused-ring (bicyclic) bond motifs is 1. The molecule has 0 radical (unpaired) electrons. The number of rotatable bonds is 7. The molecule has 2 aromatic carbocycles. The van der Waals surface area contributed by atoms with Gasteiger partial charge in [-0.3, -0.25) is 14.2 Å². The zero-order valence-corrected chi connectivity index (χ0v) is 17.3. The first-order valence-electron chi connectivity index (χ1n) is 9.37. The molecule has 3 rings (SSSR count). The van der Waals surface area contributed by atoms with Crippen molar-refractivity contribution in [3.8, 4) is 5.75 Å². The van der Waals surface area contributed by atoms with Crippen LogP contribution in [0.2, 0.25) is 0 Å². The summed E-state index contributed by atoms with van der Waals surface area (Å²) in [6.07, 6.45) is 0. The van der Waals surface area contributed by atoms with Gasteiger partial charge in [0.1, 0.15) is 5.75 Å². The van der Waals surface area contributed by atoms with Crippen molar-refractivity contribution in [1.82, 2.24) is 9.55 Å². The average molecular weight is 397 g/mol. The van der Waals surface area contributed by atoms with Gasteiger partial charge >= 0.3 is 0 Å². The highest BCUT2D eigenvalue weighted by Crippen LogP contribution is 2.27. The predicted octanol–water partition coefficient (Wildman–Crippen LogP) is 4.74. The SMILES string of the molecule is CCOc1ccc(C(=O)[C@H](C)Sc2nc3ccccc3c(=O)n2C(C)C)cc1. The van der Waals surface area contributed by atoms with Crippen molar-refractivity contribution in [2.75, 3.05) is 6.61 Å². The fourth-order valence-corrected chi connectivity index (χ4v) is 4.11. The van der Waals surface area contributed by atoms with E-state index in [-0.39, 0.29) is 22.6 Å². The number of thioether (sulfide) groups is 1. The average Bonchev–Trinajstić information content (AvgIpc) is 2.68. The third-order valence-electron chi connectivity index (χ3n) is 4.39. The van der Waals surface area contributed by atoms with Crippen molar-refractivity contribution in [2.45, 2.75) is 44.1 Å². The molecule has 0 saturated heterocycles. The van der Waals surface area contributed by atoms with Crippen molar-refractivity contribution >= 4 is 28.4 Å². The van der Waals surface area contributed by atoms with E-state index < -0.39 is 0 Å². The summed E-state index contributed by atoms with van der Waals surface area (Å²) in [6.45, 7) is 8.24. The number of carbonyl (C=O) groups is 1. The van der Waals surface area contributed by atoms with E-state index in [1.54, 1.807) is 34.9 Å². The van der Waals surface area contributed by atoms with Crippen LogP contribution >= 0.6 is 11.8 Å². The Morgan fingerprint density at radius 1 is 1.11 bits per heavy atom. The molecule has 1 aromatic heterocycles. The van der Waals surface area contributed by atoms with Gasteiger partial charge in [0, 0.05) is 11.6 Å². The monoisotopic (exact) mass is 396 g/mol. The van der Waals surface area contributed by atoms with E-state index in [9.17, 15) is 9.59 Å². The van der Waals surface area contributed by atoms with Gasteiger partial charge in [0.15, 0.2) is 10.9 Å². The molecule has 5 nitrogen and oxygen atoms in total. The molecule has 1 atom stereocenters. The number of ketones is 1. The molecule has 0 fully saturated rings. The Balaban J connectivity index is 1.91. The van der Waals surface area contributed by atoms with E-state index in [0.29, 0.717) is 28.2 Å². The molecular weight excluding hydrogens is 372 g/mol. The van der Waals surface area contributed by atoms with Crippen LogP contribution in [0.5, 0.6) is 5.75 Å². The van der Waals surface area contributed by atoms with E-state index in [1.165, 1.54) is 11.8 Å². The quantitative estimate of drug-likeness (QED) is 0.328. The maximum Gasteiger partial charge on any atom is 0.262 e. The Kier molecular flexibility index (Phi) is 6.19.